The molecule has 2 heterocycles. The summed E-state index contributed by atoms with van der Waals surface area (Å²) in [4.78, 5) is 40.1. The van der Waals surface area contributed by atoms with Crippen molar-refractivity contribution in [3.63, 3.8) is 0 Å². The summed E-state index contributed by atoms with van der Waals surface area (Å²) in [5.41, 5.74) is 4.04. The Hall–Kier alpha value is -3.66. The van der Waals surface area contributed by atoms with E-state index >= 15 is 0 Å². The van der Waals surface area contributed by atoms with Gasteiger partial charge in [-0.1, -0.05) is 0 Å². The van der Waals surface area contributed by atoms with Crippen LogP contribution < -0.4 is 15.8 Å². The van der Waals surface area contributed by atoms with Crippen molar-refractivity contribution in [2.24, 2.45) is 0 Å². The normalized spacial score (nSPS) is 13.9. The predicted octanol–water partition coefficient (Wildman–Crippen LogP) is 3.50. The van der Waals surface area contributed by atoms with Gasteiger partial charge in [0, 0.05) is 29.3 Å². The van der Waals surface area contributed by atoms with Crippen LogP contribution in [0.1, 0.15) is 23.2 Å². The minimum atomic E-state index is -0.977. The van der Waals surface area contributed by atoms with E-state index in [0.29, 0.717) is 27.6 Å². The third kappa shape index (κ3) is 4.03. The zero-order chi connectivity index (χ0) is 21.3. The molecular weight excluding hydrogens is 414 g/mol. The van der Waals surface area contributed by atoms with Gasteiger partial charge in [-0.2, -0.15) is 0 Å². The molecule has 3 amide bonds. The smallest absolute Gasteiger partial charge is 0.257 e. The number of anilines is 2. The summed E-state index contributed by atoms with van der Waals surface area (Å²) in [6, 6.07) is 9.58. The Bertz CT molecular complexity index is 1150. The van der Waals surface area contributed by atoms with Gasteiger partial charge in [0.25, 0.3) is 5.91 Å². The number of rotatable bonds is 4. The minimum Gasteiger partial charge on any atom is -0.298 e. The van der Waals surface area contributed by atoms with Gasteiger partial charge in [0.2, 0.25) is 11.8 Å². The zero-order valence-electron chi connectivity index (χ0n) is 15.3. The number of nitrogens with zero attached hydrogens (tertiary/aromatic N) is 2. The fourth-order valence-electron chi connectivity index (χ4n) is 2.83. The molecule has 30 heavy (non-hydrogen) atoms. The molecule has 0 saturated carbocycles. The van der Waals surface area contributed by atoms with Crippen LogP contribution in [-0.2, 0) is 9.59 Å². The van der Waals surface area contributed by atoms with E-state index in [-0.39, 0.29) is 24.7 Å². The van der Waals surface area contributed by atoms with Crippen LogP contribution in [0.3, 0.4) is 0 Å². The van der Waals surface area contributed by atoms with E-state index in [4.69, 9.17) is 0 Å². The molecule has 1 fully saturated rings. The van der Waals surface area contributed by atoms with E-state index in [1.54, 1.807) is 17.5 Å². The van der Waals surface area contributed by atoms with Gasteiger partial charge in [0.1, 0.15) is 0 Å². The van der Waals surface area contributed by atoms with Gasteiger partial charge in [-0.05, 0) is 42.5 Å². The average Bonchev–Trinajstić information content (AvgIpc) is 3.20. The van der Waals surface area contributed by atoms with Crippen LogP contribution in [0.25, 0.3) is 11.3 Å². The highest BCUT2D eigenvalue weighted by Gasteiger charge is 2.24. The van der Waals surface area contributed by atoms with Crippen LogP contribution in [0, 0.1) is 11.6 Å². The van der Waals surface area contributed by atoms with Gasteiger partial charge in [-0.15, -0.1) is 11.3 Å². The summed E-state index contributed by atoms with van der Waals surface area (Å²) in [7, 11) is 0. The highest BCUT2D eigenvalue weighted by molar-refractivity contribution is 7.14. The number of carbonyl (C=O) groups is 3. The minimum absolute atomic E-state index is 0.123. The summed E-state index contributed by atoms with van der Waals surface area (Å²) in [5, 5.41) is 5.71. The molecule has 0 atom stereocenters. The monoisotopic (exact) mass is 428 g/mol. The van der Waals surface area contributed by atoms with Crippen molar-refractivity contribution in [2.75, 3.05) is 10.3 Å². The van der Waals surface area contributed by atoms with Gasteiger partial charge >= 0.3 is 0 Å². The van der Waals surface area contributed by atoms with Crippen molar-refractivity contribution < 1.29 is 23.2 Å². The lowest BCUT2D eigenvalue weighted by Crippen LogP contribution is -2.50. The molecule has 152 valence electrons. The fraction of sp³-hybridized carbons (Fsp3) is 0.100. The summed E-state index contributed by atoms with van der Waals surface area (Å²) < 4.78 is 26.5. The number of amides is 3. The quantitative estimate of drug-likeness (QED) is 0.666. The van der Waals surface area contributed by atoms with Crippen LogP contribution in [0.15, 0.2) is 47.8 Å². The van der Waals surface area contributed by atoms with Crippen molar-refractivity contribution in [2.45, 2.75) is 12.8 Å². The first-order valence-electron chi connectivity index (χ1n) is 8.85. The molecule has 2 N–H and O–H groups in total. The Kier molecular flexibility index (Phi) is 5.23. The van der Waals surface area contributed by atoms with Crippen molar-refractivity contribution in [1.82, 2.24) is 10.4 Å². The van der Waals surface area contributed by atoms with Crippen molar-refractivity contribution in [3.05, 3.63) is 65.0 Å². The van der Waals surface area contributed by atoms with Gasteiger partial charge in [0.05, 0.1) is 11.4 Å². The molecule has 0 unspecified atom stereocenters. The molecule has 0 bridgehead atoms. The lowest BCUT2D eigenvalue weighted by molar-refractivity contribution is -0.130. The molecule has 1 aliphatic rings. The number of aromatic nitrogens is 1. The molecule has 1 aromatic heterocycles. The second-order valence-electron chi connectivity index (χ2n) is 6.43. The highest BCUT2D eigenvalue weighted by atomic mass is 32.1. The van der Waals surface area contributed by atoms with Crippen LogP contribution in [0.4, 0.5) is 19.6 Å². The Balaban J connectivity index is 1.45. The number of carbonyl (C=O) groups excluding carboxylic acids is 3. The summed E-state index contributed by atoms with van der Waals surface area (Å²) in [6.07, 6.45) is 0.272. The molecule has 0 spiro atoms. The molecule has 1 aliphatic heterocycles. The number of benzene rings is 2. The molecule has 4 rings (SSSR count). The summed E-state index contributed by atoms with van der Waals surface area (Å²) >= 11 is 1.14. The number of thiazole rings is 1. The maximum absolute atomic E-state index is 13.4. The fourth-order valence-corrected chi connectivity index (χ4v) is 3.55. The highest BCUT2D eigenvalue weighted by Crippen LogP contribution is 2.26. The molecule has 2 aromatic carbocycles. The Labute approximate surface area is 173 Å². The van der Waals surface area contributed by atoms with E-state index in [9.17, 15) is 23.2 Å². The van der Waals surface area contributed by atoms with E-state index < -0.39 is 17.5 Å². The van der Waals surface area contributed by atoms with Crippen LogP contribution in [-0.4, -0.2) is 22.7 Å². The maximum Gasteiger partial charge on any atom is 0.257 e. The average molecular weight is 428 g/mol. The van der Waals surface area contributed by atoms with E-state index in [0.717, 1.165) is 28.5 Å². The second kappa shape index (κ2) is 7.99. The summed E-state index contributed by atoms with van der Waals surface area (Å²) in [5.74, 6) is -2.84. The van der Waals surface area contributed by atoms with Crippen molar-refractivity contribution in [3.8, 4) is 11.3 Å². The van der Waals surface area contributed by atoms with Crippen molar-refractivity contribution in [1.29, 1.82) is 0 Å². The largest absolute Gasteiger partial charge is 0.298 e. The Morgan fingerprint density at radius 2 is 1.83 bits per heavy atom. The number of nitrogens with one attached hydrogen (secondary N) is 2. The molecule has 0 aliphatic carbocycles. The molecule has 0 radical (unpaired) electrons. The Morgan fingerprint density at radius 1 is 1.07 bits per heavy atom. The zero-order valence-corrected chi connectivity index (χ0v) is 16.1. The molecule has 1 saturated heterocycles. The topological polar surface area (TPSA) is 91.4 Å². The SMILES string of the molecule is O=C1CCC(=O)N(c2ccc(C(=O)Nc3nc(-c4ccc(F)c(F)c4)cs3)cc2)N1. The Morgan fingerprint density at radius 3 is 2.57 bits per heavy atom. The van der Waals surface area contributed by atoms with E-state index in [2.05, 4.69) is 15.7 Å². The first-order valence-corrected chi connectivity index (χ1v) is 9.73. The lowest BCUT2D eigenvalue weighted by Gasteiger charge is -2.27. The van der Waals surface area contributed by atoms with Crippen LogP contribution in [0.5, 0.6) is 0 Å². The first kappa shape index (κ1) is 19.6. The van der Waals surface area contributed by atoms with E-state index in [1.165, 1.54) is 18.2 Å². The standard InChI is InChI=1S/C20H14F2N4O3S/c21-14-6-3-12(9-15(14)22)16-10-30-20(23-16)24-19(29)11-1-4-13(5-2-11)26-18(28)8-7-17(27)25-26/h1-6,9-10H,7-8H2,(H,25,27)(H,23,24,29). The van der Waals surface area contributed by atoms with E-state index in [1.807, 2.05) is 0 Å². The maximum atomic E-state index is 13.4. The number of hydrazine groups is 1. The first-order chi connectivity index (χ1) is 14.4. The van der Waals surface area contributed by atoms with Gasteiger partial charge in [-0.25, -0.2) is 18.8 Å². The molecular formula is C20H14F2N4O3S. The van der Waals surface area contributed by atoms with Gasteiger partial charge < -0.3 is 0 Å². The van der Waals surface area contributed by atoms with Crippen LogP contribution >= 0.6 is 11.3 Å². The third-order valence-corrected chi connectivity index (χ3v) is 5.14. The lowest BCUT2D eigenvalue weighted by atomic mass is 10.1. The molecule has 10 heteroatoms. The van der Waals surface area contributed by atoms with Gasteiger partial charge in [0.15, 0.2) is 16.8 Å². The van der Waals surface area contributed by atoms with Crippen molar-refractivity contribution >= 4 is 39.9 Å². The van der Waals surface area contributed by atoms with Crippen LogP contribution in [0.2, 0.25) is 0 Å². The third-order valence-electron chi connectivity index (χ3n) is 4.38. The summed E-state index contributed by atoms with van der Waals surface area (Å²) in [6.45, 7) is 0. The predicted molar refractivity (Wildman–Crippen MR) is 107 cm³/mol. The number of hydrogen-bond donors (Lipinski definition) is 2. The second-order valence-corrected chi connectivity index (χ2v) is 7.29. The number of halogens is 2. The van der Waals surface area contributed by atoms with Gasteiger partial charge in [-0.3, -0.25) is 25.1 Å². The number of hydrogen-bond acceptors (Lipinski definition) is 5. The molecule has 3 aromatic rings. The molecule has 7 nitrogen and oxygen atoms in total.